The average Bonchev–Trinajstić information content (AvgIpc) is 2.53. The Bertz CT molecular complexity index is 800. The van der Waals surface area contributed by atoms with Crippen molar-refractivity contribution in [1.29, 1.82) is 0 Å². The van der Waals surface area contributed by atoms with Gasteiger partial charge in [0.1, 0.15) is 0 Å². The molecule has 1 unspecified atom stereocenters. The van der Waals surface area contributed by atoms with Gasteiger partial charge in [0, 0.05) is 5.56 Å². The number of hydrogen-bond donors (Lipinski definition) is 1. The van der Waals surface area contributed by atoms with Crippen molar-refractivity contribution in [3.8, 4) is 11.1 Å². The summed E-state index contributed by atoms with van der Waals surface area (Å²) in [5.41, 5.74) is 8.53. The number of fused-ring (bicyclic) bond motifs is 1. The van der Waals surface area contributed by atoms with E-state index in [-0.39, 0.29) is 5.78 Å². The van der Waals surface area contributed by atoms with Gasteiger partial charge < -0.3 is 5.73 Å². The van der Waals surface area contributed by atoms with Crippen LogP contribution in [0, 0.1) is 0 Å². The van der Waals surface area contributed by atoms with Gasteiger partial charge in [-0.1, -0.05) is 60.7 Å². The minimum atomic E-state index is -0.479. The molecule has 2 N–H and O–H groups in total. The number of ketones is 1. The molecule has 0 amide bonds. The fourth-order valence-electron chi connectivity index (χ4n) is 2.58. The average molecular weight is 275 g/mol. The first-order chi connectivity index (χ1) is 10.2. The van der Waals surface area contributed by atoms with E-state index in [1.807, 2.05) is 42.5 Å². The highest BCUT2D eigenvalue weighted by atomic mass is 16.1. The molecule has 0 aliphatic carbocycles. The topological polar surface area (TPSA) is 43.1 Å². The molecule has 3 rings (SSSR count). The molecule has 104 valence electrons. The SMILES string of the molecule is CC(N)C(=O)c1cccc(-c2cccc3ccccc23)c1. The molecule has 0 heterocycles. The third kappa shape index (κ3) is 2.58. The molecule has 21 heavy (non-hydrogen) atoms. The van der Waals surface area contributed by atoms with E-state index in [1.165, 1.54) is 10.8 Å². The first kappa shape index (κ1) is 13.5. The zero-order valence-corrected chi connectivity index (χ0v) is 11.9. The molecule has 0 saturated carbocycles. The monoisotopic (exact) mass is 275 g/mol. The zero-order chi connectivity index (χ0) is 14.8. The lowest BCUT2D eigenvalue weighted by Gasteiger charge is -2.09. The van der Waals surface area contributed by atoms with Gasteiger partial charge in [-0.05, 0) is 34.9 Å². The van der Waals surface area contributed by atoms with Crippen molar-refractivity contribution in [3.05, 3.63) is 72.3 Å². The normalized spacial score (nSPS) is 12.3. The molecule has 0 aromatic heterocycles. The summed E-state index contributed by atoms with van der Waals surface area (Å²) in [4.78, 5) is 12.1. The maximum atomic E-state index is 12.1. The van der Waals surface area contributed by atoms with Gasteiger partial charge in [0.05, 0.1) is 6.04 Å². The van der Waals surface area contributed by atoms with E-state index in [1.54, 1.807) is 6.92 Å². The van der Waals surface area contributed by atoms with Crippen molar-refractivity contribution in [2.75, 3.05) is 0 Å². The molecule has 0 radical (unpaired) electrons. The Morgan fingerprint density at radius 3 is 2.48 bits per heavy atom. The molecule has 0 aliphatic rings. The van der Waals surface area contributed by atoms with E-state index in [4.69, 9.17) is 5.73 Å². The van der Waals surface area contributed by atoms with Crippen LogP contribution >= 0.6 is 0 Å². The van der Waals surface area contributed by atoms with Gasteiger partial charge in [-0.25, -0.2) is 0 Å². The Hall–Kier alpha value is -2.45. The van der Waals surface area contributed by atoms with Crippen LogP contribution < -0.4 is 5.73 Å². The number of Topliss-reactive ketones (excluding diaryl/α,β-unsaturated/α-hetero) is 1. The lowest BCUT2D eigenvalue weighted by atomic mass is 9.95. The molecule has 0 fully saturated rings. The van der Waals surface area contributed by atoms with Crippen LogP contribution in [0.4, 0.5) is 0 Å². The second-order valence-corrected chi connectivity index (χ2v) is 5.26. The summed E-state index contributed by atoms with van der Waals surface area (Å²) in [5.74, 6) is -0.0305. The summed E-state index contributed by atoms with van der Waals surface area (Å²) in [6.07, 6.45) is 0. The summed E-state index contributed by atoms with van der Waals surface area (Å²) in [5, 5.41) is 2.38. The maximum absolute atomic E-state index is 12.1. The highest BCUT2D eigenvalue weighted by molar-refractivity contribution is 6.02. The van der Waals surface area contributed by atoms with E-state index in [9.17, 15) is 4.79 Å². The molecular formula is C19H17NO. The minimum Gasteiger partial charge on any atom is -0.321 e. The number of nitrogens with two attached hydrogens (primary N) is 1. The molecule has 0 bridgehead atoms. The molecule has 3 aromatic carbocycles. The van der Waals surface area contributed by atoms with Crippen LogP contribution in [0.1, 0.15) is 17.3 Å². The lowest BCUT2D eigenvalue weighted by Crippen LogP contribution is -2.26. The second-order valence-electron chi connectivity index (χ2n) is 5.26. The van der Waals surface area contributed by atoms with E-state index in [0.29, 0.717) is 5.56 Å². The first-order valence-electron chi connectivity index (χ1n) is 7.05. The summed E-state index contributed by atoms with van der Waals surface area (Å²) in [6, 6.07) is 21.7. The Kier molecular flexibility index (Phi) is 3.55. The van der Waals surface area contributed by atoms with Gasteiger partial charge in [0.15, 0.2) is 5.78 Å². The Morgan fingerprint density at radius 2 is 1.67 bits per heavy atom. The lowest BCUT2D eigenvalue weighted by molar-refractivity contribution is 0.0968. The zero-order valence-electron chi connectivity index (χ0n) is 11.9. The van der Waals surface area contributed by atoms with E-state index >= 15 is 0 Å². The van der Waals surface area contributed by atoms with Crippen molar-refractivity contribution >= 4 is 16.6 Å². The van der Waals surface area contributed by atoms with Crippen LogP contribution in [0.25, 0.3) is 21.9 Å². The molecular weight excluding hydrogens is 258 g/mol. The van der Waals surface area contributed by atoms with Crippen molar-refractivity contribution in [3.63, 3.8) is 0 Å². The fraction of sp³-hybridized carbons (Fsp3) is 0.105. The van der Waals surface area contributed by atoms with Gasteiger partial charge >= 0.3 is 0 Å². The smallest absolute Gasteiger partial charge is 0.179 e. The molecule has 2 heteroatoms. The van der Waals surface area contributed by atoms with Gasteiger partial charge in [-0.15, -0.1) is 0 Å². The van der Waals surface area contributed by atoms with Gasteiger partial charge in [-0.2, -0.15) is 0 Å². The highest BCUT2D eigenvalue weighted by Gasteiger charge is 2.12. The van der Waals surface area contributed by atoms with Gasteiger partial charge in [-0.3, -0.25) is 4.79 Å². The largest absolute Gasteiger partial charge is 0.321 e. The van der Waals surface area contributed by atoms with E-state index < -0.39 is 6.04 Å². The predicted octanol–water partition coefficient (Wildman–Crippen LogP) is 4.04. The van der Waals surface area contributed by atoms with Gasteiger partial charge in [0.25, 0.3) is 0 Å². The standard InChI is InChI=1S/C19H17NO/c1-13(20)19(21)16-9-4-8-15(12-16)18-11-5-7-14-6-2-3-10-17(14)18/h2-13H,20H2,1H3. The highest BCUT2D eigenvalue weighted by Crippen LogP contribution is 2.29. The molecule has 0 saturated heterocycles. The van der Waals surface area contributed by atoms with E-state index in [0.717, 1.165) is 11.1 Å². The summed E-state index contributed by atoms with van der Waals surface area (Å²) in [6.45, 7) is 1.72. The van der Waals surface area contributed by atoms with Crippen LogP contribution in [0.3, 0.4) is 0 Å². The number of hydrogen-bond acceptors (Lipinski definition) is 2. The molecule has 1 atom stereocenters. The van der Waals surface area contributed by atoms with Crippen molar-refractivity contribution in [2.45, 2.75) is 13.0 Å². The third-order valence-corrected chi connectivity index (χ3v) is 3.66. The number of benzene rings is 3. The van der Waals surface area contributed by atoms with Crippen LogP contribution in [0.5, 0.6) is 0 Å². The van der Waals surface area contributed by atoms with Crippen LogP contribution in [0.15, 0.2) is 66.7 Å². The Morgan fingerprint density at radius 1 is 0.952 bits per heavy atom. The molecule has 0 spiro atoms. The Labute approximate surface area is 124 Å². The molecule has 0 aliphatic heterocycles. The van der Waals surface area contributed by atoms with Crippen LogP contribution in [-0.2, 0) is 0 Å². The number of carbonyl (C=O) groups is 1. The number of rotatable bonds is 3. The van der Waals surface area contributed by atoms with Crippen molar-refractivity contribution in [1.82, 2.24) is 0 Å². The quantitative estimate of drug-likeness (QED) is 0.733. The van der Waals surface area contributed by atoms with E-state index in [2.05, 4.69) is 24.3 Å². The summed E-state index contributed by atoms with van der Waals surface area (Å²) < 4.78 is 0. The van der Waals surface area contributed by atoms with Crippen molar-refractivity contribution in [2.24, 2.45) is 5.73 Å². The first-order valence-corrected chi connectivity index (χ1v) is 7.05. The number of carbonyl (C=O) groups excluding carboxylic acids is 1. The van der Waals surface area contributed by atoms with Gasteiger partial charge in [0.2, 0.25) is 0 Å². The minimum absolute atomic E-state index is 0.0305. The molecule has 3 aromatic rings. The summed E-state index contributed by atoms with van der Waals surface area (Å²) >= 11 is 0. The Balaban J connectivity index is 2.15. The fourth-order valence-corrected chi connectivity index (χ4v) is 2.58. The predicted molar refractivity (Wildman–Crippen MR) is 87.4 cm³/mol. The maximum Gasteiger partial charge on any atom is 0.179 e. The second kappa shape index (κ2) is 5.51. The molecule has 2 nitrogen and oxygen atoms in total. The van der Waals surface area contributed by atoms with Crippen molar-refractivity contribution < 1.29 is 4.79 Å². The van der Waals surface area contributed by atoms with Crippen LogP contribution in [0.2, 0.25) is 0 Å². The summed E-state index contributed by atoms with van der Waals surface area (Å²) in [7, 11) is 0. The van der Waals surface area contributed by atoms with Crippen LogP contribution in [-0.4, -0.2) is 11.8 Å². The third-order valence-electron chi connectivity index (χ3n) is 3.66.